The molecule has 0 heterocycles. The first-order chi connectivity index (χ1) is 28.3. The van der Waals surface area contributed by atoms with Crippen LogP contribution >= 0.6 is 0 Å². The van der Waals surface area contributed by atoms with Gasteiger partial charge in [-0.1, -0.05) is 84.3 Å². The zero-order valence-corrected chi connectivity index (χ0v) is 34.6. The predicted octanol–water partition coefficient (Wildman–Crippen LogP) is 13.4. The van der Waals surface area contributed by atoms with Crippen LogP contribution in [-0.4, -0.2) is 0 Å². The molecular formula is C58H60. The quantitative estimate of drug-likeness (QED) is 0.182. The molecule has 0 amide bonds. The summed E-state index contributed by atoms with van der Waals surface area (Å²) < 4.78 is 0. The zero-order chi connectivity index (χ0) is 38.2. The third-order valence-corrected chi connectivity index (χ3v) is 19.7. The third kappa shape index (κ3) is 5.15. The Bertz CT molecular complexity index is 2160. The Hall–Kier alpha value is -4.00. The average Bonchev–Trinajstić information content (AvgIpc) is 3.22. The highest BCUT2D eigenvalue weighted by Crippen LogP contribution is 2.83. The van der Waals surface area contributed by atoms with E-state index in [4.69, 9.17) is 0 Å². The maximum absolute atomic E-state index is 3.49. The van der Waals surface area contributed by atoms with E-state index in [-0.39, 0.29) is 0 Å². The van der Waals surface area contributed by atoms with Crippen molar-refractivity contribution in [3.63, 3.8) is 0 Å². The first-order valence-electron chi connectivity index (χ1n) is 23.7. The molecule has 0 radical (unpaired) electrons. The molecule has 16 rings (SSSR count). The number of hydrogen-bond donors (Lipinski definition) is 0. The summed E-state index contributed by atoms with van der Waals surface area (Å²) >= 11 is 0. The Balaban J connectivity index is 0.824. The summed E-state index contributed by atoms with van der Waals surface area (Å²) in [6, 6.07) is 40.6. The summed E-state index contributed by atoms with van der Waals surface area (Å²) in [4.78, 5) is 0. The van der Waals surface area contributed by atoms with Crippen LogP contribution < -0.4 is 0 Å². The van der Waals surface area contributed by atoms with Gasteiger partial charge in [-0.05, 0) is 243 Å². The fourth-order valence-electron chi connectivity index (χ4n) is 19.1. The Labute approximate surface area is 348 Å². The molecule has 12 aliphatic rings. The van der Waals surface area contributed by atoms with Gasteiger partial charge in [-0.3, -0.25) is 0 Å². The smallest absolute Gasteiger partial charge is 0.0249 e. The molecule has 58 heavy (non-hydrogen) atoms. The molecule has 0 spiro atoms. The van der Waals surface area contributed by atoms with Crippen molar-refractivity contribution in [1.82, 2.24) is 0 Å². The lowest BCUT2D eigenvalue weighted by atomic mass is 9.26. The van der Waals surface area contributed by atoms with Gasteiger partial charge in [0.25, 0.3) is 0 Å². The molecule has 4 unspecified atom stereocenters. The molecule has 0 aliphatic heterocycles. The van der Waals surface area contributed by atoms with Crippen LogP contribution in [0.4, 0.5) is 0 Å². The highest BCUT2D eigenvalue weighted by atomic mass is 14.8. The number of benzene rings is 4. The van der Waals surface area contributed by atoms with E-state index in [0.717, 1.165) is 57.8 Å². The minimum absolute atomic E-state index is 0.383. The first-order valence-corrected chi connectivity index (χ1v) is 23.7. The van der Waals surface area contributed by atoms with Gasteiger partial charge < -0.3 is 0 Å². The van der Waals surface area contributed by atoms with Crippen molar-refractivity contribution < 1.29 is 0 Å². The molecule has 0 aromatic heterocycles. The molecule has 4 atom stereocenters. The molecular weight excluding hydrogens is 697 g/mol. The summed E-state index contributed by atoms with van der Waals surface area (Å²) in [7, 11) is 0. The van der Waals surface area contributed by atoms with Crippen LogP contribution in [0.2, 0.25) is 0 Å². The Kier molecular flexibility index (Phi) is 7.38. The van der Waals surface area contributed by atoms with Gasteiger partial charge in [-0.25, -0.2) is 0 Å². The van der Waals surface area contributed by atoms with Crippen molar-refractivity contribution in [3.8, 4) is 23.7 Å². The van der Waals surface area contributed by atoms with Crippen molar-refractivity contribution in [2.75, 3.05) is 0 Å². The van der Waals surface area contributed by atoms with Crippen LogP contribution in [0.5, 0.6) is 0 Å². The van der Waals surface area contributed by atoms with Crippen molar-refractivity contribution in [3.05, 3.63) is 143 Å². The van der Waals surface area contributed by atoms with E-state index in [9.17, 15) is 0 Å². The zero-order valence-electron chi connectivity index (χ0n) is 34.6. The maximum Gasteiger partial charge on any atom is 0.0249 e. The SMILES string of the molecule is C(#Cc1ccc(C23CC4CC(C2)CC(C25CC6CC(C2)CC(C27CC8CC(CC(c9ccc(C#Cc%10ccccc%10)cc9)(C8)C2)C7)(C6)C5)(C4)C3)cc1)c1ccccc1. The van der Waals surface area contributed by atoms with Gasteiger partial charge in [-0.2, -0.15) is 0 Å². The van der Waals surface area contributed by atoms with Crippen LogP contribution in [0.3, 0.4) is 0 Å². The summed E-state index contributed by atoms with van der Waals surface area (Å²) in [6.45, 7) is 0. The van der Waals surface area contributed by atoms with Gasteiger partial charge in [0.15, 0.2) is 0 Å². The van der Waals surface area contributed by atoms with Crippen molar-refractivity contribution >= 4 is 0 Å². The molecule has 12 saturated carbocycles. The lowest BCUT2D eigenvalue weighted by Gasteiger charge is -2.78. The van der Waals surface area contributed by atoms with Gasteiger partial charge >= 0.3 is 0 Å². The first kappa shape index (κ1) is 34.8. The molecule has 292 valence electrons. The van der Waals surface area contributed by atoms with Crippen molar-refractivity contribution in [2.24, 2.45) is 57.2 Å². The Morgan fingerprint density at radius 1 is 0.293 bits per heavy atom. The fraction of sp³-hybridized carbons (Fsp3) is 0.517. The van der Waals surface area contributed by atoms with Gasteiger partial charge in [0.1, 0.15) is 0 Å². The summed E-state index contributed by atoms with van der Waals surface area (Å²) in [5, 5.41) is 0. The summed E-state index contributed by atoms with van der Waals surface area (Å²) in [6.07, 6.45) is 27.5. The largest absolute Gasteiger partial charge is 0.0622 e. The Morgan fingerprint density at radius 3 is 0.897 bits per heavy atom. The summed E-state index contributed by atoms with van der Waals surface area (Å²) in [5.41, 5.74) is 10.9. The highest BCUT2D eigenvalue weighted by Gasteiger charge is 2.74. The molecule has 0 saturated heterocycles. The van der Waals surface area contributed by atoms with E-state index in [2.05, 4.69) is 133 Å². The predicted molar refractivity (Wildman–Crippen MR) is 235 cm³/mol. The topological polar surface area (TPSA) is 0 Å². The van der Waals surface area contributed by atoms with E-state index in [1.165, 1.54) is 51.4 Å². The lowest BCUT2D eigenvalue weighted by Crippen LogP contribution is -2.69. The van der Waals surface area contributed by atoms with E-state index in [1.54, 1.807) is 75.3 Å². The van der Waals surface area contributed by atoms with Crippen LogP contribution in [0, 0.1) is 80.8 Å². The third-order valence-electron chi connectivity index (χ3n) is 19.7. The van der Waals surface area contributed by atoms with Gasteiger partial charge in [0.05, 0.1) is 0 Å². The fourth-order valence-corrected chi connectivity index (χ4v) is 19.1. The van der Waals surface area contributed by atoms with E-state index >= 15 is 0 Å². The van der Waals surface area contributed by atoms with Crippen LogP contribution in [0.25, 0.3) is 0 Å². The Morgan fingerprint density at radius 2 is 0.569 bits per heavy atom. The monoisotopic (exact) mass is 756 g/mol. The molecule has 0 N–H and O–H groups in total. The molecule has 0 nitrogen and oxygen atoms in total. The molecule has 12 fully saturated rings. The lowest BCUT2D eigenvalue weighted by molar-refractivity contribution is -0.272. The van der Waals surface area contributed by atoms with Crippen LogP contribution in [0.15, 0.2) is 109 Å². The second-order valence-electron chi connectivity index (χ2n) is 23.0. The average molecular weight is 757 g/mol. The van der Waals surface area contributed by atoms with Crippen LogP contribution in [-0.2, 0) is 10.8 Å². The molecule has 12 bridgehead atoms. The number of rotatable bonds is 4. The minimum Gasteiger partial charge on any atom is -0.0622 e. The van der Waals surface area contributed by atoms with Gasteiger partial charge in [-0.15, -0.1) is 0 Å². The molecule has 4 aromatic rings. The van der Waals surface area contributed by atoms with Crippen LogP contribution in [0.1, 0.15) is 149 Å². The van der Waals surface area contributed by atoms with E-state index in [1.807, 2.05) is 0 Å². The minimum atomic E-state index is 0.383. The van der Waals surface area contributed by atoms with Crippen molar-refractivity contribution in [1.29, 1.82) is 0 Å². The second kappa shape index (κ2) is 12.3. The van der Waals surface area contributed by atoms with Crippen molar-refractivity contribution in [2.45, 2.75) is 126 Å². The second-order valence-corrected chi connectivity index (χ2v) is 23.0. The number of hydrogen-bond acceptors (Lipinski definition) is 0. The van der Waals surface area contributed by atoms with E-state index in [0.29, 0.717) is 32.5 Å². The standard InChI is InChI=1S/C58H60/c1-3-7-41(8-4-1)11-13-43-15-19-51(20-16-43)53-26-45-23-46(27-53)31-55(30-45,38-53)57-34-49-25-50(35-57)37-58(36-49,40-57)56-32-47-24-48(33-56)29-54(28-47,39-56)52-21-17-44(18-22-52)14-12-42-9-5-2-6-10-42/h1-10,15-22,45-50H,23-40H2. The van der Waals surface area contributed by atoms with Gasteiger partial charge in [0, 0.05) is 22.3 Å². The molecule has 0 heteroatoms. The molecule has 4 aromatic carbocycles. The maximum atomic E-state index is 3.49. The highest BCUT2D eigenvalue weighted by molar-refractivity contribution is 5.47. The molecule has 12 aliphatic carbocycles. The van der Waals surface area contributed by atoms with E-state index < -0.39 is 0 Å². The van der Waals surface area contributed by atoms with Gasteiger partial charge in [0.2, 0.25) is 0 Å². The summed E-state index contributed by atoms with van der Waals surface area (Å²) in [5.74, 6) is 19.5. The normalized spacial score (nSPS) is 43.1.